The largest absolute Gasteiger partial charge is 0.365 e. The lowest BCUT2D eigenvalue weighted by Gasteiger charge is -2.41. The number of urea groups is 1. The first kappa shape index (κ1) is 23.3. The third-order valence-corrected chi connectivity index (χ3v) is 6.47. The second kappa shape index (κ2) is 8.48. The van der Waals surface area contributed by atoms with Gasteiger partial charge in [-0.2, -0.15) is 0 Å². The van der Waals surface area contributed by atoms with Crippen LogP contribution < -0.4 is 15.5 Å². The fraction of sp³-hybridized carbons (Fsp3) is 0.296. The number of amides is 4. The summed E-state index contributed by atoms with van der Waals surface area (Å²) < 4.78 is 0. The number of fused-ring (bicyclic) bond motifs is 1. The third-order valence-electron chi connectivity index (χ3n) is 6.47. The number of carbonyl (C=O) groups is 3. The predicted molar refractivity (Wildman–Crippen MR) is 135 cm³/mol. The molecule has 1 fully saturated rings. The van der Waals surface area contributed by atoms with Gasteiger partial charge < -0.3 is 15.5 Å². The molecule has 0 unspecified atom stereocenters. The van der Waals surface area contributed by atoms with Crippen LogP contribution in [0.15, 0.2) is 48.2 Å². The average molecular weight is 459 g/mol. The number of allylic oxidation sites excluding steroid dienone is 1. The summed E-state index contributed by atoms with van der Waals surface area (Å²) in [6.45, 7) is 9.96. The smallest absolute Gasteiger partial charge is 0.329 e. The highest BCUT2D eigenvalue weighted by atomic mass is 16.2. The van der Waals surface area contributed by atoms with Gasteiger partial charge in [0.1, 0.15) is 12.2 Å². The van der Waals surface area contributed by atoms with Gasteiger partial charge in [0, 0.05) is 24.0 Å². The number of nitrogens with zero attached hydrogens (tertiary/aromatic N) is 2. The molecule has 2 aromatic rings. The van der Waals surface area contributed by atoms with Crippen molar-refractivity contribution in [2.24, 2.45) is 0 Å². The van der Waals surface area contributed by atoms with Crippen molar-refractivity contribution in [3.8, 4) is 0 Å². The zero-order valence-electron chi connectivity index (χ0n) is 20.4. The summed E-state index contributed by atoms with van der Waals surface area (Å²) in [5, 5.41) is 5.35. The third kappa shape index (κ3) is 4.33. The van der Waals surface area contributed by atoms with Crippen molar-refractivity contribution in [2.75, 3.05) is 23.8 Å². The zero-order valence-corrected chi connectivity index (χ0v) is 20.4. The van der Waals surface area contributed by atoms with E-state index in [1.54, 1.807) is 12.1 Å². The van der Waals surface area contributed by atoms with Gasteiger partial charge in [-0.1, -0.05) is 18.2 Å². The second-order valence-corrected chi connectivity index (χ2v) is 9.56. The number of hydrogen-bond acceptors (Lipinski definition) is 4. The summed E-state index contributed by atoms with van der Waals surface area (Å²) in [4.78, 5) is 41.0. The molecular formula is C27H30N4O3. The number of nitrogens with one attached hydrogen (secondary N) is 2. The minimum Gasteiger partial charge on any atom is -0.365 e. The lowest BCUT2D eigenvalue weighted by atomic mass is 9.87. The van der Waals surface area contributed by atoms with E-state index >= 15 is 0 Å². The molecular weight excluding hydrogens is 428 g/mol. The van der Waals surface area contributed by atoms with Crippen LogP contribution in [0.3, 0.4) is 0 Å². The van der Waals surface area contributed by atoms with Crippen LogP contribution in [0, 0.1) is 13.8 Å². The number of hydrogen-bond donors (Lipinski definition) is 2. The molecule has 2 heterocycles. The Morgan fingerprint density at radius 3 is 2.56 bits per heavy atom. The van der Waals surface area contributed by atoms with Crippen molar-refractivity contribution in [3.63, 3.8) is 0 Å². The zero-order chi connectivity index (χ0) is 24.8. The molecule has 0 aliphatic carbocycles. The Morgan fingerprint density at radius 2 is 1.85 bits per heavy atom. The minimum atomic E-state index is -0.608. The molecule has 4 rings (SSSR count). The van der Waals surface area contributed by atoms with Crippen molar-refractivity contribution in [2.45, 2.75) is 40.2 Å². The van der Waals surface area contributed by atoms with Crippen LogP contribution in [0.5, 0.6) is 0 Å². The topological polar surface area (TPSA) is 81.8 Å². The van der Waals surface area contributed by atoms with Crippen LogP contribution in [0.4, 0.5) is 16.2 Å². The predicted octanol–water partition coefficient (Wildman–Crippen LogP) is 4.47. The van der Waals surface area contributed by atoms with Gasteiger partial charge >= 0.3 is 6.03 Å². The molecule has 0 aromatic heterocycles. The van der Waals surface area contributed by atoms with E-state index in [-0.39, 0.29) is 17.8 Å². The Labute approximate surface area is 200 Å². The van der Waals surface area contributed by atoms with E-state index in [0.717, 1.165) is 38.4 Å². The average Bonchev–Trinajstić information content (AvgIpc) is 3.00. The highest BCUT2D eigenvalue weighted by molar-refractivity contribution is 6.16. The summed E-state index contributed by atoms with van der Waals surface area (Å²) in [6.07, 6.45) is 3.90. The molecule has 0 radical (unpaired) electrons. The van der Waals surface area contributed by atoms with Gasteiger partial charge in [0.15, 0.2) is 0 Å². The van der Waals surface area contributed by atoms with Gasteiger partial charge in [0.2, 0.25) is 5.91 Å². The molecule has 7 nitrogen and oxygen atoms in total. The number of benzene rings is 2. The van der Waals surface area contributed by atoms with Gasteiger partial charge in [-0.05, 0) is 87.2 Å². The Bertz CT molecular complexity index is 1270. The van der Waals surface area contributed by atoms with Crippen molar-refractivity contribution in [3.05, 3.63) is 70.4 Å². The van der Waals surface area contributed by atoms with E-state index in [1.807, 2.05) is 38.1 Å². The van der Waals surface area contributed by atoms with E-state index < -0.39 is 17.8 Å². The maximum Gasteiger partial charge on any atom is 0.329 e. The lowest BCUT2D eigenvalue weighted by molar-refractivity contribution is -0.127. The molecule has 0 saturated carbocycles. The van der Waals surface area contributed by atoms with Crippen LogP contribution in [-0.2, 0) is 9.59 Å². The van der Waals surface area contributed by atoms with Gasteiger partial charge in [0.05, 0.1) is 5.54 Å². The van der Waals surface area contributed by atoms with E-state index in [4.69, 9.17) is 0 Å². The van der Waals surface area contributed by atoms with Crippen LogP contribution >= 0.6 is 0 Å². The Morgan fingerprint density at radius 1 is 1.12 bits per heavy atom. The standard InChI is InChI=1S/C27H30N4O3/c1-16-8-7-9-20(10-16)28-24(32)15-31-25(33)22(29-26(31)34)13-19-12-21-18(3)14-27(4,5)30(6)23(21)11-17(19)2/h7-14H,15H2,1-6H3,(H,28,32)(H,29,34)/b22-13+. The molecule has 0 bridgehead atoms. The van der Waals surface area contributed by atoms with Crippen LogP contribution in [0.2, 0.25) is 0 Å². The number of aryl methyl sites for hydroxylation is 2. The molecule has 2 aliphatic rings. The van der Waals surface area contributed by atoms with Crippen LogP contribution in [0.25, 0.3) is 11.6 Å². The molecule has 0 spiro atoms. The molecule has 4 amide bonds. The van der Waals surface area contributed by atoms with E-state index in [9.17, 15) is 14.4 Å². The van der Waals surface area contributed by atoms with Crippen LogP contribution in [0.1, 0.15) is 43.0 Å². The highest BCUT2D eigenvalue weighted by Crippen LogP contribution is 2.39. The fourth-order valence-corrected chi connectivity index (χ4v) is 4.41. The van der Waals surface area contributed by atoms with E-state index in [1.165, 1.54) is 0 Å². The number of carbonyl (C=O) groups excluding carboxylic acids is 3. The molecule has 1 saturated heterocycles. The SMILES string of the molecule is CC1=CC(C)(C)N(C)c2cc(C)c(/C=C3/NC(=O)N(CC(=O)Nc4cccc(C)c4)C3=O)cc21. The normalized spacial score (nSPS) is 18.1. The maximum atomic E-state index is 12.9. The summed E-state index contributed by atoms with van der Waals surface area (Å²) in [5.41, 5.74) is 6.88. The minimum absolute atomic E-state index is 0.0988. The monoisotopic (exact) mass is 458 g/mol. The summed E-state index contributed by atoms with van der Waals surface area (Å²) in [5.74, 6) is -0.959. The number of rotatable bonds is 4. The summed E-state index contributed by atoms with van der Waals surface area (Å²) in [7, 11) is 2.07. The molecule has 0 atom stereocenters. The maximum absolute atomic E-state index is 12.9. The molecule has 176 valence electrons. The molecule has 2 aliphatic heterocycles. The van der Waals surface area contributed by atoms with Gasteiger partial charge in [-0.25, -0.2) is 9.69 Å². The molecule has 2 aromatic carbocycles. The van der Waals surface area contributed by atoms with Crippen molar-refractivity contribution >= 4 is 40.9 Å². The Kier molecular flexibility index (Phi) is 5.81. The van der Waals surface area contributed by atoms with Gasteiger partial charge in [0.25, 0.3) is 5.91 Å². The van der Waals surface area contributed by atoms with Crippen molar-refractivity contribution < 1.29 is 14.4 Å². The van der Waals surface area contributed by atoms with Crippen molar-refractivity contribution in [1.29, 1.82) is 0 Å². The highest BCUT2D eigenvalue weighted by Gasteiger charge is 2.35. The van der Waals surface area contributed by atoms with Gasteiger partial charge in [-0.3, -0.25) is 9.59 Å². The van der Waals surface area contributed by atoms with Crippen molar-refractivity contribution in [1.82, 2.24) is 10.2 Å². The first-order valence-electron chi connectivity index (χ1n) is 11.3. The van der Waals surface area contributed by atoms with Gasteiger partial charge in [-0.15, -0.1) is 0 Å². The lowest BCUT2D eigenvalue weighted by Crippen LogP contribution is -2.42. The number of anilines is 2. The molecule has 7 heteroatoms. The molecule has 34 heavy (non-hydrogen) atoms. The first-order chi connectivity index (χ1) is 16.0. The number of likely N-dealkylation sites (N-methyl/N-ethyl adjacent to an activating group) is 1. The summed E-state index contributed by atoms with van der Waals surface area (Å²) in [6, 6.07) is 10.9. The number of imide groups is 1. The Balaban J connectivity index is 1.56. The second-order valence-electron chi connectivity index (χ2n) is 9.56. The van der Waals surface area contributed by atoms with E-state index in [0.29, 0.717) is 5.69 Å². The molecule has 2 N–H and O–H groups in total. The fourth-order valence-electron chi connectivity index (χ4n) is 4.41. The van der Waals surface area contributed by atoms with Crippen LogP contribution in [-0.4, -0.2) is 41.9 Å². The Hall–Kier alpha value is -3.87. The van der Waals surface area contributed by atoms with E-state index in [2.05, 4.69) is 55.5 Å². The summed E-state index contributed by atoms with van der Waals surface area (Å²) >= 11 is 0. The quantitative estimate of drug-likeness (QED) is 0.523. The first-order valence-corrected chi connectivity index (χ1v) is 11.3.